The van der Waals surface area contributed by atoms with Gasteiger partial charge in [-0.15, -0.1) is 0 Å². The molecular weight excluding hydrogens is 276 g/mol. The van der Waals surface area contributed by atoms with Gasteiger partial charge in [-0.25, -0.2) is 4.68 Å². The fraction of sp³-hybridized carbons (Fsp3) is 0.692. The van der Waals surface area contributed by atoms with Gasteiger partial charge in [-0.05, 0) is 44.7 Å². The van der Waals surface area contributed by atoms with Crippen LogP contribution in [0.25, 0.3) is 11.2 Å². The third-order valence-electron chi connectivity index (χ3n) is 3.79. The molecule has 1 fully saturated rings. The molecule has 6 heteroatoms. The van der Waals surface area contributed by atoms with Crippen molar-refractivity contribution in [3.8, 4) is 0 Å². The van der Waals surface area contributed by atoms with Gasteiger partial charge in [0.2, 0.25) is 0 Å². The first-order valence-electron chi connectivity index (χ1n) is 6.98. The highest BCUT2D eigenvalue weighted by Crippen LogP contribution is 2.28. The Balaban J connectivity index is 2.01. The molecule has 2 aromatic rings. The summed E-state index contributed by atoms with van der Waals surface area (Å²) in [5.74, 6) is 1.29. The predicted molar refractivity (Wildman–Crippen MR) is 83.4 cm³/mol. The van der Waals surface area contributed by atoms with Gasteiger partial charge in [0.25, 0.3) is 0 Å². The SMILES string of the molecule is CCn1nc(C)c2[nH]c(=S)n(CC3CCCCS3)c21. The van der Waals surface area contributed by atoms with Crippen molar-refractivity contribution in [3.05, 3.63) is 10.5 Å². The maximum atomic E-state index is 5.50. The van der Waals surface area contributed by atoms with E-state index in [4.69, 9.17) is 12.2 Å². The first kappa shape index (κ1) is 13.2. The second-order valence-corrected chi connectivity index (χ2v) is 6.92. The van der Waals surface area contributed by atoms with E-state index in [-0.39, 0.29) is 0 Å². The van der Waals surface area contributed by atoms with Crippen molar-refractivity contribution in [2.75, 3.05) is 5.75 Å². The standard InChI is InChI=1S/C13H20N4S2/c1-3-17-12-11(9(2)15-17)14-13(18)16(12)8-10-6-4-5-7-19-10/h10H,3-8H2,1-2H3,(H,14,18). The number of aromatic amines is 1. The molecule has 0 saturated carbocycles. The fourth-order valence-corrected chi connectivity index (χ4v) is 4.36. The number of hydrogen-bond donors (Lipinski definition) is 1. The Labute approximate surface area is 122 Å². The highest BCUT2D eigenvalue weighted by Gasteiger charge is 2.19. The van der Waals surface area contributed by atoms with E-state index in [1.807, 2.05) is 6.92 Å². The molecule has 2 aromatic heterocycles. The summed E-state index contributed by atoms with van der Waals surface area (Å²) >= 11 is 7.59. The van der Waals surface area contributed by atoms with Crippen molar-refractivity contribution >= 4 is 35.1 Å². The number of thioether (sulfide) groups is 1. The highest BCUT2D eigenvalue weighted by atomic mass is 32.2. The maximum Gasteiger partial charge on any atom is 0.179 e. The lowest BCUT2D eigenvalue weighted by Crippen LogP contribution is -2.18. The van der Waals surface area contributed by atoms with E-state index in [0.29, 0.717) is 5.25 Å². The minimum Gasteiger partial charge on any atom is -0.328 e. The zero-order chi connectivity index (χ0) is 13.4. The molecule has 0 spiro atoms. The molecule has 0 bridgehead atoms. The molecular formula is C13H20N4S2. The number of hydrogen-bond acceptors (Lipinski definition) is 3. The average molecular weight is 296 g/mol. The summed E-state index contributed by atoms with van der Waals surface area (Å²) < 4.78 is 5.14. The normalized spacial score (nSPS) is 20.2. The van der Waals surface area contributed by atoms with E-state index in [9.17, 15) is 0 Å². The average Bonchev–Trinajstić information content (AvgIpc) is 2.90. The summed E-state index contributed by atoms with van der Waals surface area (Å²) in [5, 5.41) is 5.27. The molecule has 0 aromatic carbocycles. The minimum absolute atomic E-state index is 0.694. The van der Waals surface area contributed by atoms with Crippen LogP contribution in [0.5, 0.6) is 0 Å². The van der Waals surface area contributed by atoms with E-state index < -0.39 is 0 Å². The van der Waals surface area contributed by atoms with E-state index in [2.05, 4.69) is 38.0 Å². The first-order valence-corrected chi connectivity index (χ1v) is 8.44. The maximum absolute atomic E-state index is 5.50. The number of H-pyrrole nitrogens is 1. The Hall–Kier alpha value is -0.750. The van der Waals surface area contributed by atoms with Gasteiger partial charge in [-0.1, -0.05) is 6.42 Å². The van der Waals surface area contributed by atoms with Crippen molar-refractivity contribution in [2.45, 2.75) is 51.4 Å². The first-order chi connectivity index (χ1) is 9.20. The minimum atomic E-state index is 0.694. The Morgan fingerprint density at radius 2 is 2.32 bits per heavy atom. The molecule has 3 heterocycles. The molecule has 4 nitrogen and oxygen atoms in total. The van der Waals surface area contributed by atoms with Crippen LogP contribution in [0.1, 0.15) is 31.9 Å². The van der Waals surface area contributed by atoms with Gasteiger partial charge in [0.1, 0.15) is 5.52 Å². The fourth-order valence-electron chi connectivity index (χ4n) is 2.81. The van der Waals surface area contributed by atoms with Crippen LogP contribution in [0.3, 0.4) is 0 Å². The van der Waals surface area contributed by atoms with Crippen LogP contribution >= 0.6 is 24.0 Å². The van der Waals surface area contributed by atoms with E-state index in [1.165, 1.54) is 25.0 Å². The van der Waals surface area contributed by atoms with Gasteiger partial charge in [-0.2, -0.15) is 16.9 Å². The van der Waals surface area contributed by atoms with Gasteiger partial charge >= 0.3 is 0 Å². The largest absolute Gasteiger partial charge is 0.328 e. The molecule has 1 atom stereocenters. The van der Waals surface area contributed by atoms with Crippen molar-refractivity contribution in [2.24, 2.45) is 0 Å². The molecule has 1 saturated heterocycles. The third kappa shape index (κ3) is 2.36. The number of nitrogens with one attached hydrogen (secondary N) is 1. The Morgan fingerprint density at radius 1 is 1.47 bits per heavy atom. The number of aromatic nitrogens is 4. The van der Waals surface area contributed by atoms with Gasteiger partial charge < -0.3 is 9.55 Å². The lowest BCUT2D eigenvalue weighted by Gasteiger charge is -2.21. The second kappa shape index (κ2) is 5.32. The molecule has 0 amide bonds. The number of imidazole rings is 1. The van der Waals surface area contributed by atoms with Crippen molar-refractivity contribution in [3.63, 3.8) is 0 Å². The van der Waals surface area contributed by atoms with Gasteiger partial charge in [0.15, 0.2) is 10.4 Å². The molecule has 104 valence electrons. The van der Waals surface area contributed by atoms with Crippen LogP contribution < -0.4 is 0 Å². The monoisotopic (exact) mass is 296 g/mol. The molecule has 19 heavy (non-hydrogen) atoms. The smallest absolute Gasteiger partial charge is 0.179 e. The summed E-state index contributed by atoms with van der Waals surface area (Å²) in [4.78, 5) is 3.32. The summed E-state index contributed by atoms with van der Waals surface area (Å²) in [5.41, 5.74) is 3.31. The lowest BCUT2D eigenvalue weighted by atomic mass is 10.2. The molecule has 1 aliphatic heterocycles. The quantitative estimate of drug-likeness (QED) is 0.881. The molecule has 3 rings (SSSR count). The van der Waals surface area contributed by atoms with Gasteiger partial charge in [-0.3, -0.25) is 0 Å². The third-order valence-corrected chi connectivity index (χ3v) is 5.50. The zero-order valence-corrected chi connectivity index (χ0v) is 13.1. The summed E-state index contributed by atoms with van der Waals surface area (Å²) in [7, 11) is 0. The van der Waals surface area contributed by atoms with Crippen LogP contribution in [0, 0.1) is 11.7 Å². The summed E-state index contributed by atoms with van der Waals surface area (Å²) in [6.07, 6.45) is 4.02. The number of nitrogens with zero attached hydrogens (tertiary/aromatic N) is 3. The van der Waals surface area contributed by atoms with E-state index >= 15 is 0 Å². The number of fused-ring (bicyclic) bond motifs is 1. The highest BCUT2D eigenvalue weighted by molar-refractivity contribution is 7.99. The van der Waals surface area contributed by atoms with Crippen LogP contribution in [0.4, 0.5) is 0 Å². The molecule has 1 N–H and O–H groups in total. The molecule has 0 aliphatic carbocycles. The second-order valence-electron chi connectivity index (χ2n) is 5.13. The molecule has 1 aliphatic rings. The number of rotatable bonds is 3. The molecule has 0 radical (unpaired) electrons. The van der Waals surface area contributed by atoms with Crippen molar-refractivity contribution < 1.29 is 0 Å². The van der Waals surface area contributed by atoms with E-state index in [0.717, 1.165) is 34.7 Å². The van der Waals surface area contributed by atoms with E-state index in [1.54, 1.807) is 0 Å². The predicted octanol–water partition coefficient (Wildman–Crippen LogP) is 3.51. The Morgan fingerprint density at radius 3 is 3.00 bits per heavy atom. The lowest BCUT2D eigenvalue weighted by molar-refractivity contribution is 0.569. The Bertz CT molecular complexity index is 631. The van der Waals surface area contributed by atoms with Crippen molar-refractivity contribution in [1.82, 2.24) is 19.3 Å². The summed E-state index contributed by atoms with van der Waals surface area (Å²) in [6, 6.07) is 0. The summed E-state index contributed by atoms with van der Waals surface area (Å²) in [6.45, 7) is 6.06. The van der Waals surface area contributed by atoms with Gasteiger partial charge in [0, 0.05) is 18.3 Å². The van der Waals surface area contributed by atoms with Gasteiger partial charge in [0.05, 0.1) is 5.69 Å². The number of aryl methyl sites for hydroxylation is 2. The van der Waals surface area contributed by atoms with Crippen LogP contribution in [0.2, 0.25) is 0 Å². The molecule has 1 unspecified atom stereocenters. The van der Waals surface area contributed by atoms with Crippen LogP contribution in [0.15, 0.2) is 0 Å². The van der Waals surface area contributed by atoms with Crippen molar-refractivity contribution in [1.29, 1.82) is 0 Å². The van der Waals surface area contributed by atoms with Crippen LogP contribution in [-0.4, -0.2) is 30.3 Å². The zero-order valence-electron chi connectivity index (χ0n) is 11.5. The van der Waals surface area contributed by atoms with Crippen LogP contribution in [-0.2, 0) is 13.1 Å². The topological polar surface area (TPSA) is 38.5 Å². The Kier molecular flexibility index (Phi) is 3.71.